The fraction of sp³-hybridized carbons (Fsp3) is 0.727. The summed E-state index contributed by atoms with van der Waals surface area (Å²) in [5.74, 6) is 0.546. The summed E-state index contributed by atoms with van der Waals surface area (Å²) in [5, 5.41) is 1.24. The molecule has 0 spiro atoms. The quantitative estimate of drug-likeness (QED) is 0.853. The van der Waals surface area contributed by atoms with E-state index in [0.29, 0.717) is 12.0 Å². The first-order valence-corrected chi connectivity index (χ1v) is 6.39. The largest absolute Gasteiger partial charge is 0.326 e. The van der Waals surface area contributed by atoms with Gasteiger partial charge in [-0.3, -0.25) is 4.90 Å². The van der Waals surface area contributed by atoms with E-state index >= 15 is 0 Å². The number of aromatic nitrogens is 1. The van der Waals surface area contributed by atoms with Gasteiger partial charge in [-0.2, -0.15) is 0 Å². The first kappa shape index (κ1) is 11.0. The molecule has 84 valence electrons. The molecular formula is C11H19N3S. The van der Waals surface area contributed by atoms with Gasteiger partial charge in [0.15, 0.2) is 0 Å². The molecule has 0 saturated carbocycles. The molecule has 2 rings (SSSR count). The molecule has 1 saturated heterocycles. The molecule has 1 atom stereocenters. The molecular weight excluding hydrogens is 206 g/mol. The Morgan fingerprint density at radius 1 is 1.67 bits per heavy atom. The molecule has 15 heavy (non-hydrogen) atoms. The van der Waals surface area contributed by atoms with Gasteiger partial charge in [-0.25, -0.2) is 4.98 Å². The van der Waals surface area contributed by atoms with Crippen molar-refractivity contribution in [3.8, 4) is 0 Å². The van der Waals surface area contributed by atoms with Crippen molar-refractivity contribution in [1.82, 2.24) is 9.88 Å². The monoisotopic (exact) mass is 225 g/mol. The van der Waals surface area contributed by atoms with Crippen LogP contribution in [0.25, 0.3) is 0 Å². The van der Waals surface area contributed by atoms with Gasteiger partial charge in [0, 0.05) is 42.7 Å². The lowest BCUT2D eigenvalue weighted by atomic mass is 10.2. The summed E-state index contributed by atoms with van der Waals surface area (Å²) < 4.78 is 0. The van der Waals surface area contributed by atoms with Crippen molar-refractivity contribution in [3.05, 3.63) is 16.1 Å². The van der Waals surface area contributed by atoms with Crippen molar-refractivity contribution in [1.29, 1.82) is 0 Å². The van der Waals surface area contributed by atoms with E-state index in [1.165, 1.54) is 9.88 Å². The Morgan fingerprint density at radius 2 is 2.47 bits per heavy atom. The maximum atomic E-state index is 5.88. The summed E-state index contributed by atoms with van der Waals surface area (Å²) in [4.78, 5) is 8.22. The van der Waals surface area contributed by atoms with Crippen LogP contribution in [0.15, 0.2) is 6.20 Å². The van der Waals surface area contributed by atoms with Crippen LogP contribution in [0.4, 0.5) is 0 Å². The van der Waals surface area contributed by atoms with E-state index < -0.39 is 0 Å². The summed E-state index contributed by atoms with van der Waals surface area (Å²) >= 11 is 1.84. The van der Waals surface area contributed by atoms with E-state index in [1.807, 2.05) is 17.5 Å². The number of hydrogen-bond acceptors (Lipinski definition) is 4. The summed E-state index contributed by atoms with van der Waals surface area (Å²) in [6.07, 6.45) is 3.15. The zero-order valence-electron chi connectivity index (χ0n) is 9.44. The van der Waals surface area contributed by atoms with Crippen LogP contribution in [0.3, 0.4) is 0 Å². The molecule has 0 bridgehead atoms. The Hall–Kier alpha value is -0.450. The predicted octanol–water partition coefficient (Wildman–Crippen LogP) is 1.80. The predicted molar refractivity (Wildman–Crippen MR) is 64.1 cm³/mol. The smallest absolute Gasteiger partial charge is 0.0953 e. The third kappa shape index (κ3) is 2.77. The SMILES string of the molecule is CC(C)c1ncc(CN2CC[C@H](N)C2)s1. The zero-order chi connectivity index (χ0) is 10.8. The minimum atomic E-state index is 0.377. The van der Waals surface area contributed by atoms with Crippen LogP contribution in [0, 0.1) is 0 Å². The Kier molecular flexibility index (Phi) is 3.38. The van der Waals surface area contributed by atoms with Crippen LogP contribution in [-0.4, -0.2) is 29.0 Å². The maximum absolute atomic E-state index is 5.88. The highest BCUT2D eigenvalue weighted by Gasteiger charge is 2.19. The van der Waals surface area contributed by atoms with Crippen LogP contribution in [-0.2, 0) is 6.54 Å². The van der Waals surface area contributed by atoms with Crippen LogP contribution in [0.1, 0.15) is 36.1 Å². The van der Waals surface area contributed by atoms with Gasteiger partial charge in [0.2, 0.25) is 0 Å². The first-order chi connectivity index (χ1) is 7.15. The van der Waals surface area contributed by atoms with E-state index in [-0.39, 0.29) is 0 Å². The summed E-state index contributed by atoms with van der Waals surface area (Å²) in [6.45, 7) is 7.58. The molecule has 1 aromatic rings. The van der Waals surface area contributed by atoms with Crippen molar-refractivity contribution in [2.24, 2.45) is 5.73 Å². The third-order valence-electron chi connectivity index (χ3n) is 2.75. The third-order valence-corrected chi connectivity index (χ3v) is 4.04. The second-order valence-corrected chi connectivity index (χ2v) is 5.75. The average molecular weight is 225 g/mol. The molecule has 2 N–H and O–H groups in total. The lowest BCUT2D eigenvalue weighted by Crippen LogP contribution is -2.25. The normalized spacial score (nSPS) is 22.8. The minimum absolute atomic E-state index is 0.377. The van der Waals surface area contributed by atoms with Crippen molar-refractivity contribution in [3.63, 3.8) is 0 Å². The second-order valence-electron chi connectivity index (χ2n) is 4.60. The highest BCUT2D eigenvalue weighted by molar-refractivity contribution is 7.11. The van der Waals surface area contributed by atoms with Crippen LogP contribution >= 0.6 is 11.3 Å². The van der Waals surface area contributed by atoms with Gasteiger partial charge in [0.25, 0.3) is 0 Å². The molecule has 1 fully saturated rings. The van der Waals surface area contributed by atoms with Gasteiger partial charge in [-0.15, -0.1) is 11.3 Å². The van der Waals surface area contributed by atoms with E-state index in [0.717, 1.165) is 26.1 Å². The van der Waals surface area contributed by atoms with Crippen molar-refractivity contribution in [2.45, 2.75) is 38.8 Å². The van der Waals surface area contributed by atoms with Gasteiger partial charge in [-0.05, 0) is 6.42 Å². The number of thiazole rings is 1. The fourth-order valence-electron chi connectivity index (χ4n) is 1.89. The summed E-state index contributed by atoms with van der Waals surface area (Å²) in [5.41, 5.74) is 5.88. The van der Waals surface area contributed by atoms with E-state index in [9.17, 15) is 0 Å². The van der Waals surface area contributed by atoms with E-state index in [1.54, 1.807) is 0 Å². The molecule has 2 heterocycles. The molecule has 0 amide bonds. The fourth-order valence-corrected chi connectivity index (χ4v) is 2.85. The Balaban J connectivity index is 1.93. The number of nitrogens with zero attached hydrogens (tertiary/aromatic N) is 2. The first-order valence-electron chi connectivity index (χ1n) is 5.57. The molecule has 0 aliphatic carbocycles. The summed E-state index contributed by atoms with van der Waals surface area (Å²) in [6, 6.07) is 0.377. The Labute approximate surface area is 95.3 Å². The van der Waals surface area contributed by atoms with Crippen LogP contribution < -0.4 is 5.73 Å². The standard InChI is InChI=1S/C11H19N3S/c1-8(2)11-13-5-10(15-11)7-14-4-3-9(12)6-14/h5,8-9H,3-4,6-7,12H2,1-2H3/t9-/m0/s1. The number of hydrogen-bond donors (Lipinski definition) is 1. The molecule has 1 aliphatic rings. The maximum Gasteiger partial charge on any atom is 0.0953 e. The molecule has 0 radical (unpaired) electrons. The number of likely N-dealkylation sites (tertiary alicyclic amines) is 1. The zero-order valence-corrected chi connectivity index (χ0v) is 10.3. The average Bonchev–Trinajstić information content (AvgIpc) is 2.76. The van der Waals surface area contributed by atoms with Gasteiger partial charge < -0.3 is 5.73 Å². The topological polar surface area (TPSA) is 42.2 Å². The second kappa shape index (κ2) is 4.60. The Morgan fingerprint density at radius 3 is 3.00 bits per heavy atom. The highest BCUT2D eigenvalue weighted by Crippen LogP contribution is 2.23. The number of nitrogens with two attached hydrogens (primary N) is 1. The van der Waals surface area contributed by atoms with Gasteiger partial charge in [0.05, 0.1) is 5.01 Å². The molecule has 0 aromatic carbocycles. The molecule has 0 unspecified atom stereocenters. The van der Waals surface area contributed by atoms with Gasteiger partial charge in [-0.1, -0.05) is 13.8 Å². The van der Waals surface area contributed by atoms with Crippen LogP contribution in [0.5, 0.6) is 0 Å². The summed E-state index contributed by atoms with van der Waals surface area (Å²) in [7, 11) is 0. The van der Waals surface area contributed by atoms with E-state index in [2.05, 4.69) is 23.7 Å². The number of rotatable bonds is 3. The minimum Gasteiger partial charge on any atom is -0.326 e. The van der Waals surface area contributed by atoms with Gasteiger partial charge in [0.1, 0.15) is 0 Å². The Bertz CT molecular complexity index is 321. The lowest BCUT2D eigenvalue weighted by molar-refractivity contribution is 0.329. The molecule has 4 heteroatoms. The van der Waals surface area contributed by atoms with Crippen molar-refractivity contribution >= 4 is 11.3 Å². The van der Waals surface area contributed by atoms with Gasteiger partial charge >= 0.3 is 0 Å². The van der Waals surface area contributed by atoms with E-state index in [4.69, 9.17) is 5.73 Å². The van der Waals surface area contributed by atoms with Crippen molar-refractivity contribution in [2.75, 3.05) is 13.1 Å². The highest BCUT2D eigenvalue weighted by atomic mass is 32.1. The lowest BCUT2D eigenvalue weighted by Gasteiger charge is -2.12. The van der Waals surface area contributed by atoms with Crippen LogP contribution in [0.2, 0.25) is 0 Å². The van der Waals surface area contributed by atoms with Crippen molar-refractivity contribution < 1.29 is 0 Å². The molecule has 3 nitrogen and oxygen atoms in total. The molecule has 1 aliphatic heterocycles. The molecule has 1 aromatic heterocycles.